The minimum Gasteiger partial charge on any atom is -0.490 e. The van der Waals surface area contributed by atoms with Crippen molar-refractivity contribution in [3.05, 3.63) is 42.0 Å². The second-order valence-corrected chi connectivity index (χ2v) is 4.83. The van der Waals surface area contributed by atoms with Gasteiger partial charge in [0.25, 0.3) is 0 Å². The van der Waals surface area contributed by atoms with Crippen LogP contribution in [0.15, 0.2) is 36.4 Å². The summed E-state index contributed by atoms with van der Waals surface area (Å²) in [7, 11) is 1.64. The number of hydrogen-bond acceptors (Lipinski definition) is 4. The van der Waals surface area contributed by atoms with E-state index >= 15 is 0 Å². The van der Waals surface area contributed by atoms with Crippen LogP contribution in [-0.2, 0) is 9.47 Å². The van der Waals surface area contributed by atoms with Gasteiger partial charge in [-0.1, -0.05) is 36.4 Å². The Morgan fingerprint density at radius 1 is 1.00 bits per heavy atom. The van der Waals surface area contributed by atoms with E-state index in [1.54, 1.807) is 14.0 Å². The first-order valence-electron chi connectivity index (χ1n) is 7.13. The molecular formula is C17H22O4. The average molecular weight is 290 g/mol. The van der Waals surface area contributed by atoms with E-state index in [4.69, 9.17) is 14.2 Å². The van der Waals surface area contributed by atoms with Gasteiger partial charge in [0.2, 0.25) is 0 Å². The van der Waals surface area contributed by atoms with Crippen molar-refractivity contribution < 1.29 is 19.3 Å². The van der Waals surface area contributed by atoms with Crippen molar-refractivity contribution in [2.24, 2.45) is 0 Å². The van der Waals surface area contributed by atoms with Crippen LogP contribution < -0.4 is 4.74 Å². The van der Waals surface area contributed by atoms with Crippen LogP contribution in [0.25, 0.3) is 10.8 Å². The standard InChI is InChI=1S/C17H22O4/c1-13(18)15-8-7-14-5-3-4-6-16(14)17(15)21-12-11-20-10-9-19-2/h3-8,13,18H,9-12H2,1-2H3/t13-/m1/s1. The normalized spacial score (nSPS) is 12.5. The Balaban J connectivity index is 2.10. The lowest BCUT2D eigenvalue weighted by Gasteiger charge is -2.16. The maximum absolute atomic E-state index is 9.91. The largest absolute Gasteiger partial charge is 0.490 e. The van der Waals surface area contributed by atoms with Crippen molar-refractivity contribution in [3.63, 3.8) is 0 Å². The Morgan fingerprint density at radius 3 is 2.52 bits per heavy atom. The van der Waals surface area contributed by atoms with Crippen molar-refractivity contribution in [1.82, 2.24) is 0 Å². The number of methoxy groups -OCH3 is 1. The van der Waals surface area contributed by atoms with Gasteiger partial charge in [0.05, 0.1) is 25.9 Å². The first kappa shape index (κ1) is 15.8. The van der Waals surface area contributed by atoms with E-state index in [0.717, 1.165) is 22.1 Å². The molecule has 0 aliphatic heterocycles. The zero-order chi connectivity index (χ0) is 15.1. The summed E-state index contributed by atoms with van der Waals surface area (Å²) in [5, 5.41) is 12.0. The number of aliphatic hydroxyl groups excluding tert-OH is 1. The molecule has 0 fully saturated rings. The topological polar surface area (TPSA) is 47.9 Å². The molecule has 0 heterocycles. The smallest absolute Gasteiger partial charge is 0.133 e. The second-order valence-electron chi connectivity index (χ2n) is 4.83. The van der Waals surface area contributed by atoms with E-state index in [2.05, 4.69) is 0 Å². The molecule has 0 aliphatic carbocycles. The molecule has 114 valence electrons. The van der Waals surface area contributed by atoms with E-state index in [9.17, 15) is 5.11 Å². The van der Waals surface area contributed by atoms with Crippen LogP contribution in [0.2, 0.25) is 0 Å². The fraction of sp³-hybridized carbons (Fsp3) is 0.412. The Hall–Kier alpha value is -1.62. The molecule has 0 aliphatic rings. The minimum atomic E-state index is -0.570. The predicted octanol–water partition coefficient (Wildman–Crippen LogP) is 2.93. The summed E-state index contributed by atoms with van der Waals surface area (Å²) in [6.07, 6.45) is -0.570. The van der Waals surface area contributed by atoms with Crippen LogP contribution in [0, 0.1) is 0 Å². The third-order valence-electron chi connectivity index (χ3n) is 3.27. The molecule has 2 aromatic rings. The molecular weight excluding hydrogens is 268 g/mol. The van der Waals surface area contributed by atoms with Crippen molar-refractivity contribution in [2.45, 2.75) is 13.0 Å². The van der Waals surface area contributed by atoms with Crippen molar-refractivity contribution in [2.75, 3.05) is 33.5 Å². The van der Waals surface area contributed by atoms with E-state index in [1.807, 2.05) is 36.4 Å². The van der Waals surface area contributed by atoms with Gasteiger partial charge in [-0.2, -0.15) is 0 Å². The third kappa shape index (κ3) is 4.17. The molecule has 4 heteroatoms. The SMILES string of the molecule is COCCOCCOc1c([C@@H](C)O)ccc2ccccc12. The number of fused-ring (bicyclic) bond motifs is 1. The van der Waals surface area contributed by atoms with Gasteiger partial charge in [0, 0.05) is 18.1 Å². The van der Waals surface area contributed by atoms with Gasteiger partial charge in [-0.15, -0.1) is 0 Å². The number of hydrogen-bond donors (Lipinski definition) is 1. The van der Waals surface area contributed by atoms with E-state index < -0.39 is 6.10 Å². The highest BCUT2D eigenvalue weighted by atomic mass is 16.5. The molecule has 1 N–H and O–H groups in total. The monoisotopic (exact) mass is 290 g/mol. The fourth-order valence-electron chi connectivity index (χ4n) is 2.20. The lowest BCUT2D eigenvalue weighted by atomic mass is 10.0. The maximum atomic E-state index is 9.91. The molecule has 4 nitrogen and oxygen atoms in total. The van der Waals surface area contributed by atoms with Crippen LogP contribution in [-0.4, -0.2) is 38.6 Å². The average Bonchev–Trinajstić information content (AvgIpc) is 2.50. The summed E-state index contributed by atoms with van der Waals surface area (Å²) in [6, 6.07) is 11.9. The zero-order valence-corrected chi connectivity index (χ0v) is 12.5. The maximum Gasteiger partial charge on any atom is 0.133 e. The number of rotatable bonds is 8. The molecule has 1 atom stereocenters. The third-order valence-corrected chi connectivity index (χ3v) is 3.27. The number of aliphatic hydroxyl groups is 1. The van der Waals surface area contributed by atoms with Crippen LogP contribution in [0.4, 0.5) is 0 Å². The van der Waals surface area contributed by atoms with Gasteiger partial charge in [-0.05, 0) is 12.3 Å². The molecule has 2 aromatic carbocycles. The second kappa shape index (κ2) is 7.98. The lowest BCUT2D eigenvalue weighted by Crippen LogP contribution is -2.11. The molecule has 0 amide bonds. The molecule has 21 heavy (non-hydrogen) atoms. The molecule has 0 spiro atoms. The first-order valence-corrected chi connectivity index (χ1v) is 7.13. The highest BCUT2D eigenvalue weighted by Gasteiger charge is 2.12. The van der Waals surface area contributed by atoms with Crippen LogP contribution >= 0.6 is 0 Å². The van der Waals surface area contributed by atoms with E-state index in [1.165, 1.54) is 0 Å². The van der Waals surface area contributed by atoms with Gasteiger partial charge >= 0.3 is 0 Å². The fourth-order valence-corrected chi connectivity index (χ4v) is 2.20. The van der Waals surface area contributed by atoms with Gasteiger partial charge < -0.3 is 19.3 Å². The summed E-state index contributed by atoms with van der Waals surface area (Å²) in [4.78, 5) is 0. The van der Waals surface area contributed by atoms with E-state index in [0.29, 0.717) is 26.4 Å². The Bertz CT molecular complexity index is 566. The summed E-state index contributed by atoms with van der Waals surface area (Å²) < 4.78 is 16.2. The highest BCUT2D eigenvalue weighted by molar-refractivity contribution is 5.89. The van der Waals surface area contributed by atoms with E-state index in [-0.39, 0.29) is 0 Å². The van der Waals surface area contributed by atoms with Gasteiger partial charge in [0.15, 0.2) is 0 Å². The number of benzene rings is 2. The van der Waals surface area contributed by atoms with Crippen LogP contribution in [0.1, 0.15) is 18.6 Å². The molecule has 0 saturated heterocycles. The Morgan fingerprint density at radius 2 is 1.76 bits per heavy atom. The summed E-state index contributed by atoms with van der Waals surface area (Å²) >= 11 is 0. The van der Waals surface area contributed by atoms with Crippen molar-refractivity contribution in [3.8, 4) is 5.75 Å². The predicted molar refractivity (Wildman–Crippen MR) is 82.8 cm³/mol. The lowest BCUT2D eigenvalue weighted by molar-refractivity contribution is 0.0540. The molecule has 0 saturated carbocycles. The zero-order valence-electron chi connectivity index (χ0n) is 12.5. The summed E-state index contributed by atoms with van der Waals surface area (Å²) in [6.45, 7) is 3.81. The number of ether oxygens (including phenoxy) is 3. The molecule has 0 radical (unpaired) electrons. The highest BCUT2D eigenvalue weighted by Crippen LogP contribution is 2.33. The van der Waals surface area contributed by atoms with Gasteiger partial charge in [-0.3, -0.25) is 0 Å². The molecule has 0 aromatic heterocycles. The van der Waals surface area contributed by atoms with Crippen LogP contribution in [0.3, 0.4) is 0 Å². The quantitative estimate of drug-likeness (QED) is 0.759. The molecule has 2 rings (SSSR count). The molecule has 0 bridgehead atoms. The molecule has 0 unspecified atom stereocenters. The minimum absolute atomic E-state index is 0.442. The van der Waals surface area contributed by atoms with Crippen molar-refractivity contribution >= 4 is 10.8 Å². The Labute approximate surface area is 125 Å². The van der Waals surface area contributed by atoms with Gasteiger partial charge in [-0.25, -0.2) is 0 Å². The van der Waals surface area contributed by atoms with Gasteiger partial charge in [0.1, 0.15) is 12.4 Å². The summed E-state index contributed by atoms with van der Waals surface area (Å²) in [5.74, 6) is 0.735. The Kier molecular flexibility index (Phi) is 5.99. The summed E-state index contributed by atoms with van der Waals surface area (Å²) in [5.41, 5.74) is 0.797. The first-order chi connectivity index (χ1) is 10.2. The van der Waals surface area contributed by atoms with Crippen LogP contribution in [0.5, 0.6) is 5.75 Å². The van der Waals surface area contributed by atoms with Crippen molar-refractivity contribution in [1.29, 1.82) is 0 Å².